The van der Waals surface area contributed by atoms with Gasteiger partial charge in [0.2, 0.25) is 11.8 Å². The summed E-state index contributed by atoms with van der Waals surface area (Å²) in [6, 6.07) is 17.5. The number of carbonyl (C=O) groups excluding carboxylic acids is 2. The molecule has 1 atom stereocenters. The molecule has 0 saturated carbocycles. The summed E-state index contributed by atoms with van der Waals surface area (Å²) < 4.78 is 5.73. The van der Waals surface area contributed by atoms with Gasteiger partial charge in [0.15, 0.2) is 0 Å². The molecule has 3 rings (SSSR count). The lowest BCUT2D eigenvalue weighted by molar-refractivity contribution is -0.135. The van der Waals surface area contributed by atoms with Crippen LogP contribution in [0.3, 0.4) is 0 Å². The quantitative estimate of drug-likeness (QED) is 0.754. The Morgan fingerprint density at radius 1 is 1.10 bits per heavy atom. The van der Waals surface area contributed by atoms with Gasteiger partial charge in [0.1, 0.15) is 5.75 Å². The van der Waals surface area contributed by atoms with E-state index in [2.05, 4.69) is 31.3 Å². The van der Waals surface area contributed by atoms with Crippen LogP contribution in [0.4, 0.5) is 5.69 Å². The third kappa shape index (κ3) is 6.08. The monoisotopic (exact) mass is 394 g/mol. The highest BCUT2D eigenvalue weighted by atomic mass is 16.5. The molecule has 2 aromatic rings. The van der Waals surface area contributed by atoms with Crippen LogP contribution in [0.5, 0.6) is 5.75 Å². The minimum absolute atomic E-state index is 0.0183. The Balaban J connectivity index is 1.44. The molecule has 1 N–H and O–H groups in total. The molecule has 0 aromatic heterocycles. The predicted molar refractivity (Wildman–Crippen MR) is 115 cm³/mol. The number of piperidine rings is 1. The van der Waals surface area contributed by atoms with Crippen molar-refractivity contribution >= 4 is 17.5 Å². The van der Waals surface area contributed by atoms with Crippen LogP contribution in [-0.2, 0) is 9.59 Å². The molecule has 5 heteroatoms. The molecule has 154 valence electrons. The number of nitrogens with one attached hydrogen (secondary N) is 1. The molecule has 0 radical (unpaired) electrons. The second-order valence-corrected chi connectivity index (χ2v) is 7.86. The molecule has 1 unspecified atom stereocenters. The van der Waals surface area contributed by atoms with Gasteiger partial charge in [0.05, 0.1) is 18.9 Å². The van der Waals surface area contributed by atoms with Crippen LogP contribution in [0.2, 0.25) is 0 Å². The lowest BCUT2D eigenvalue weighted by Crippen LogP contribution is -2.44. The van der Waals surface area contributed by atoms with Crippen LogP contribution >= 0.6 is 0 Å². The van der Waals surface area contributed by atoms with Crippen molar-refractivity contribution in [2.45, 2.75) is 39.0 Å². The maximum atomic E-state index is 12.6. The lowest BCUT2D eigenvalue weighted by Gasteiger charge is -2.32. The smallest absolute Gasteiger partial charge is 0.229 e. The fraction of sp³-hybridized carbons (Fsp3) is 0.417. The van der Waals surface area contributed by atoms with E-state index in [0.29, 0.717) is 32.0 Å². The van der Waals surface area contributed by atoms with Gasteiger partial charge in [-0.1, -0.05) is 44.2 Å². The molecule has 0 bridgehead atoms. The molecule has 1 heterocycles. The van der Waals surface area contributed by atoms with Crippen molar-refractivity contribution in [1.29, 1.82) is 0 Å². The van der Waals surface area contributed by atoms with Gasteiger partial charge in [0, 0.05) is 18.8 Å². The summed E-state index contributed by atoms with van der Waals surface area (Å²) in [7, 11) is 0. The summed E-state index contributed by atoms with van der Waals surface area (Å²) in [6.45, 7) is 5.83. The maximum absolute atomic E-state index is 12.6. The van der Waals surface area contributed by atoms with Crippen LogP contribution in [0.15, 0.2) is 54.6 Å². The molecule has 1 aliphatic rings. The number of benzene rings is 2. The first kappa shape index (κ1) is 20.9. The highest BCUT2D eigenvalue weighted by Crippen LogP contribution is 2.21. The number of anilines is 1. The fourth-order valence-electron chi connectivity index (χ4n) is 3.55. The zero-order valence-electron chi connectivity index (χ0n) is 17.3. The van der Waals surface area contributed by atoms with Crippen molar-refractivity contribution in [3.05, 3.63) is 60.2 Å². The molecular weight excluding hydrogens is 364 g/mol. The first-order valence-corrected chi connectivity index (χ1v) is 10.4. The summed E-state index contributed by atoms with van der Waals surface area (Å²) in [5.41, 5.74) is 2.05. The average molecular weight is 395 g/mol. The molecule has 1 aliphatic heterocycles. The summed E-state index contributed by atoms with van der Waals surface area (Å²) in [6.07, 6.45) is 1.97. The third-order valence-corrected chi connectivity index (χ3v) is 5.32. The number of carbonyl (C=O) groups is 2. The molecule has 29 heavy (non-hydrogen) atoms. The SMILES string of the molecule is CC(C)c1ccc(OCCC(=O)N2CCCC(C(=O)Nc3ccccc3)C2)cc1. The Labute approximate surface area is 173 Å². The molecule has 2 amide bonds. The van der Waals surface area contributed by atoms with E-state index < -0.39 is 0 Å². The highest BCUT2D eigenvalue weighted by Gasteiger charge is 2.28. The molecule has 1 fully saturated rings. The predicted octanol–water partition coefficient (Wildman–Crippen LogP) is 4.46. The third-order valence-electron chi connectivity index (χ3n) is 5.32. The Morgan fingerprint density at radius 2 is 1.83 bits per heavy atom. The van der Waals surface area contributed by atoms with E-state index in [9.17, 15) is 9.59 Å². The molecule has 1 saturated heterocycles. The molecule has 5 nitrogen and oxygen atoms in total. The van der Waals surface area contributed by atoms with E-state index in [1.54, 1.807) is 4.90 Å². The van der Waals surface area contributed by atoms with Crippen LogP contribution in [0.25, 0.3) is 0 Å². The van der Waals surface area contributed by atoms with E-state index in [4.69, 9.17) is 4.74 Å². The normalized spacial score (nSPS) is 16.5. The zero-order valence-corrected chi connectivity index (χ0v) is 17.3. The molecular formula is C24H30N2O3. The van der Waals surface area contributed by atoms with E-state index in [1.165, 1.54) is 5.56 Å². The molecule has 0 aliphatic carbocycles. The summed E-state index contributed by atoms with van der Waals surface area (Å²) in [4.78, 5) is 26.9. The molecule has 0 spiro atoms. The van der Waals surface area contributed by atoms with E-state index in [0.717, 1.165) is 24.3 Å². The molecule has 2 aromatic carbocycles. The van der Waals surface area contributed by atoms with E-state index in [1.807, 2.05) is 42.5 Å². The van der Waals surface area contributed by atoms with Gasteiger partial charge in [-0.3, -0.25) is 9.59 Å². The lowest BCUT2D eigenvalue weighted by atomic mass is 9.96. The highest BCUT2D eigenvalue weighted by molar-refractivity contribution is 5.93. The van der Waals surface area contributed by atoms with Gasteiger partial charge in [-0.25, -0.2) is 0 Å². The first-order valence-electron chi connectivity index (χ1n) is 10.4. The van der Waals surface area contributed by atoms with Crippen LogP contribution in [0.1, 0.15) is 44.6 Å². The first-order chi connectivity index (χ1) is 14.0. The van der Waals surface area contributed by atoms with Gasteiger partial charge in [-0.2, -0.15) is 0 Å². The van der Waals surface area contributed by atoms with Crippen molar-refractivity contribution < 1.29 is 14.3 Å². The van der Waals surface area contributed by atoms with Crippen molar-refractivity contribution in [3.8, 4) is 5.75 Å². The second kappa shape index (κ2) is 10.1. The minimum atomic E-state index is -0.169. The average Bonchev–Trinajstić information content (AvgIpc) is 2.75. The van der Waals surface area contributed by atoms with E-state index >= 15 is 0 Å². The number of likely N-dealkylation sites (tertiary alicyclic amines) is 1. The summed E-state index contributed by atoms with van der Waals surface area (Å²) >= 11 is 0. The largest absolute Gasteiger partial charge is 0.493 e. The number of ether oxygens (including phenoxy) is 1. The van der Waals surface area contributed by atoms with Crippen molar-refractivity contribution in [2.75, 3.05) is 25.0 Å². The van der Waals surface area contributed by atoms with Crippen molar-refractivity contribution in [1.82, 2.24) is 4.90 Å². The standard InChI is InChI=1S/C24H30N2O3/c1-18(2)19-10-12-22(13-11-19)29-16-14-23(27)26-15-6-7-20(17-26)24(28)25-21-8-4-3-5-9-21/h3-5,8-13,18,20H,6-7,14-17H2,1-2H3,(H,25,28). The Kier molecular flexibility index (Phi) is 7.28. The van der Waals surface area contributed by atoms with E-state index in [-0.39, 0.29) is 17.7 Å². The Hall–Kier alpha value is -2.82. The van der Waals surface area contributed by atoms with Gasteiger partial charge in [-0.05, 0) is 48.6 Å². The number of nitrogens with zero attached hydrogens (tertiary/aromatic N) is 1. The zero-order chi connectivity index (χ0) is 20.6. The van der Waals surface area contributed by atoms with Crippen LogP contribution in [-0.4, -0.2) is 36.4 Å². The maximum Gasteiger partial charge on any atom is 0.229 e. The topological polar surface area (TPSA) is 58.6 Å². The number of para-hydroxylation sites is 1. The summed E-state index contributed by atoms with van der Waals surface area (Å²) in [5, 5.41) is 2.95. The van der Waals surface area contributed by atoms with Gasteiger partial charge < -0.3 is 15.0 Å². The fourth-order valence-corrected chi connectivity index (χ4v) is 3.55. The van der Waals surface area contributed by atoms with Crippen molar-refractivity contribution in [2.24, 2.45) is 5.92 Å². The Morgan fingerprint density at radius 3 is 2.52 bits per heavy atom. The van der Waals surface area contributed by atoms with Gasteiger partial charge in [0.25, 0.3) is 0 Å². The van der Waals surface area contributed by atoms with Crippen LogP contribution in [0, 0.1) is 5.92 Å². The number of rotatable bonds is 7. The van der Waals surface area contributed by atoms with Crippen molar-refractivity contribution in [3.63, 3.8) is 0 Å². The van der Waals surface area contributed by atoms with Gasteiger partial charge in [-0.15, -0.1) is 0 Å². The van der Waals surface area contributed by atoms with Crippen LogP contribution < -0.4 is 10.1 Å². The Bertz CT molecular complexity index is 803. The number of amides is 2. The second-order valence-electron chi connectivity index (χ2n) is 7.86. The van der Waals surface area contributed by atoms with Gasteiger partial charge >= 0.3 is 0 Å². The minimum Gasteiger partial charge on any atom is -0.493 e. The number of hydrogen-bond acceptors (Lipinski definition) is 3. The summed E-state index contributed by atoms with van der Waals surface area (Å²) in [5.74, 6) is 1.12. The number of hydrogen-bond donors (Lipinski definition) is 1.